The number of benzene rings is 3. The van der Waals surface area contributed by atoms with Crippen LogP contribution in [0.1, 0.15) is 27.0 Å². The first-order valence-electron chi connectivity index (χ1n) is 9.33. The lowest BCUT2D eigenvalue weighted by Gasteiger charge is -2.13. The van der Waals surface area contributed by atoms with Crippen molar-refractivity contribution < 1.29 is 19.4 Å². The molecule has 0 heterocycles. The first kappa shape index (κ1) is 23.3. The fourth-order valence-corrected chi connectivity index (χ4v) is 4.95. The number of ether oxygens (including phenoxy) is 1. The summed E-state index contributed by atoms with van der Waals surface area (Å²) in [6.07, 6.45) is 1.44. The van der Waals surface area contributed by atoms with Gasteiger partial charge in [-0.3, -0.25) is 4.79 Å². The monoisotopic (exact) mass is 639 g/mol. The van der Waals surface area contributed by atoms with Gasteiger partial charge in [0.15, 0.2) is 0 Å². The van der Waals surface area contributed by atoms with Crippen LogP contribution < -0.4 is 10.1 Å². The molecular formula is C24H19I2NO4. The van der Waals surface area contributed by atoms with E-state index in [4.69, 9.17) is 4.74 Å². The van der Waals surface area contributed by atoms with Gasteiger partial charge in [0.2, 0.25) is 0 Å². The summed E-state index contributed by atoms with van der Waals surface area (Å²) >= 11 is 4.34. The lowest BCUT2D eigenvalue weighted by Crippen LogP contribution is -2.27. The zero-order chi connectivity index (χ0) is 22.4. The highest BCUT2D eigenvalue weighted by atomic mass is 127. The molecule has 0 fully saturated rings. The predicted octanol–water partition coefficient (Wildman–Crippen LogP) is 5.64. The number of hydrogen-bond acceptors (Lipinski definition) is 3. The molecule has 0 aromatic heterocycles. The molecule has 5 nitrogen and oxygen atoms in total. The molecule has 0 saturated carbocycles. The molecule has 0 spiro atoms. The van der Waals surface area contributed by atoms with Crippen molar-refractivity contribution in [2.24, 2.45) is 0 Å². The van der Waals surface area contributed by atoms with Gasteiger partial charge in [-0.05, 0) is 99.1 Å². The van der Waals surface area contributed by atoms with Crippen LogP contribution in [0.2, 0.25) is 0 Å². The van der Waals surface area contributed by atoms with Gasteiger partial charge in [-0.1, -0.05) is 42.5 Å². The van der Waals surface area contributed by atoms with Crippen LogP contribution in [0, 0.1) is 14.1 Å². The molecule has 1 amide bonds. The lowest BCUT2D eigenvalue weighted by molar-refractivity contribution is -0.132. The maximum Gasteiger partial charge on any atom is 0.352 e. The molecule has 0 unspecified atom stereocenters. The minimum atomic E-state index is -1.21. The summed E-state index contributed by atoms with van der Waals surface area (Å²) in [4.78, 5) is 24.0. The molecule has 158 valence electrons. The SMILES string of the molecule is Cc1ccccc1COc1c(I)cc(C=C(NC(=O)c2ccccc2)C(=O)O)cc1I. The van der Waals surface area contributed by atoms with Crippen molar-refractivity contribution in [2.75, 3.05) is 0 Å². The average molecular weight is 639 g/mol. The Labute approximate surface area is 207 Å². The zero-order valence-electron chi connectivity index (χ0n) is 16.6. The second-order valence-corrected chi connectivity index (χ2v) is 9.04. The van der Waals surface area contributed by atoms with Crippen molar-refractivity contribution >= 4 is 63.1 Å². The number of carboxylic acid groups (broad SMARTS) is 1. The Balaban J connectivity index is 1.81. The number of amides is 1. The van der Waals surface area contributed by atoms with E-state index in [1.165, 1.54) is 6.08 Å². The molecule has 3 aromatic rings. The summed E-state index contributed by atoms with van der Waals surface area (Å²) < 4.78 is 7.74. The average Bonchev–Trinajstić information content (AvgIpc) is 2.74. The van der Waals surface area contributed by atoms with Crippen LogP contribution in [-0.4, -0.2) is 17.0 Å². The van der Waals surface area contributed by atoms with Gasteiger partial charge in [0, 0.05) is 5.56 Å². The number of aliphatic carboxylic acids is 1. The second-order valence-electron chi connectivity index (χ2n) is 6.71. The molecule has 31 heavy (non-hydrogen) atoms. The van der Waals surface area contributed by atoms with Crippen molar-refractivity contribution in [3.8, 4) is 5.75 Å². The maximum atomic E-state index is 12.3. The molecule has 2 N–H and O–H groups in total. The van der Waals surface area contributed by atoms with Crippen LogP contribution in [0.25, 0.3) is 6.08 Å². The molecule has 3 aromatic carbocycles. The molecule has 0 bridgehead atoms. The molecular weight excluding hydrogens is 620 g/mol. The topological polar surface area (TPSA) is 75.6 Å². The first-order valence-corrected chi connectivity index (χ1v) is 11.5. The van der Waals surface area contributed by atoms with E-state index in [2.05, 4.69) is 50.5 Å². The van der Waals surface area contributed by atoms with Crippen LogP contribution in [0.5, 0.6) is 5.75 Å². The third-order valence-corrected chi connectivity index (χ3v) is 6.08. The number of rotatable bonds is 7. The van der Waals surface area contributed by atoms with Gasteiger partial charge < -0.3 is 15.2 Å². The van der Waals surface area contributed by atoms with Crippen LogP contribution in [0.15, 0.2) is 72.4 Å². The predicted molar refractivity (Wildman–Crippen MR) is 137 cm³/mol. The van der Waals surface area contributed by atoms with Crippen molar-refractivity contribution in [3.05, 3.63) is 102 Å². The number of carbonyl (C=O) groups is 2. The standard InChI is InChI=1S/C24H19I2NO4/c1-15-7-5-6-10-18(15)14-31-22-19(25)11-16(12-20(22)26)13-21(24(29)30)27-23(28)17-8-3-2-4-9-17/h2-13H,14H2,1H3,(H,27,28)(H,29,30). The van der Waals surface area contributed by atoms with E-state index in [0.717, 1.165) is 24.0 Å². The summed E-state index contributed by atoms with van der Waals surface area (Å²) in [5.74, 6) is -0.946. The smallest absolute Gasteiger partial charge is 0.352 e. The van der Waals surface area contributed by atoms with E-state index in [1.807, 2.05) is 43.3 Å². The van der Waals surface area contributed by atoms with Crippen LogP contribution in [0.3, 0.4) is 0 Å². The van der Waals surface area contributed by atoms with E-state index >= 15 is 0 Å². The summed E-state index contributed by atoms with van der Waals surface area (Å²) in [6, 6.07) is 20.2. The maximum absolute atomic E-state index is 12.3. The molecule has 0 radical (unpaired) electrons. The minimum absolute atomic E-state index is 0.200. The van der Waals surface area contributed by atoms with Crippen molar-refractivity contribution in [3.63, 3.8) is 0 Å². The Bertz CT molecular complexity index is 1120. The number of carbonyl (C=O) groups excluding carboxylic acids is 1. The van der Waals surface area contributed by atoms with E-state index in [0.29, 0.717) is 17.7 Å². The summed E-state index contributed by atoms with van der Waals surface area (Å²) in [7, 11) is 0. The molecule has 7 heteroatoms. The highest BCUT2D eigenvalue weighted by Crippen LogP contribution is 2.30. The highest BCUT2D eigenvalue weighted by molar-refractivity contribution is 14.1. The molecule has 0 atom stereocenters. The van der Waals surface area contributed by atoms with Crippen molar-refractivity contribution in [2.45, 2.75) is 13.5 Å². The van der Waals surface area contributed by atoms with Gasteiger partial charge in [0.1, 0.15) is 18.1 Å². The van der Waals surface area contributed by atoms with E-state index < -0.39 is 11.9 Å². The Kier molecular flexibility index (Phi) is 8.08. The number of nitrogens with one attached hydrogen (secondary N) is 1. The molecule has 0 saturated heterocycles. The fraction of sp³-hybridized carbons (Fsp3) is 0.0833. The van der Waals surface area contributed by atoms with Gasteiger partial charge in [0.25, 0.3) is 5.91 Å². The lowest BCUT2D eigenvalue weighted by atomic mass is 10.1. The van der Waals surface area contributed by atoms with Crippen LogP contribution in [-0.2, 0) is 11.4 Å². The normalized spacial score (nSPS) is 11.1. The number of aryl methyl sites for hydroxylation is 1. The Morgan fingerprint density at radius 3 is 2.23 bits per heavy atom. The fourth-order valence-electron chi connectivity index (χ4n) is 2.82. The van der Waals surface area contributed by atoms with Gasteiger partial charge in [-0.15, -0.1) is 0 Å². The summed E-state index contributed by atoms with van der Waals surface area (Å²) in [5, 5.41) is 12.0. The third-order valence-electron chi connectivity index (χ3n) is 4.48. The van der Waals surface area contributed by atoms with E-state index in [1.54, 1.807) is 30.3 Å². The summed E-state index contributed by atoms with van der Waals surface area (Å²) in [5.41, 5.74) is 3.11. The highest BCUT2D eigenvalue weighted by Gasteiger charge is 2.15. The molecule has 0 aliphatic carbocycles. The number of hydrogen-bond donors (Lipinski definition) is 2. The minimum Gasteiger partial charge on any atom is -0.487 e. The molecule has 0 aliphatic rings. The van der Waals surface area contributed by atoms with E-state index in [-0.39, 0.29) is 5.70 Å². The zero-order valence-corrected chi connectivity index (χ0v) is 20.9. The Morgan fingerprint density at radius 1 is 1.00 bits per heavy atom. The van der Waals surface area contributed by atoms with Crippen LogP contribution >= 0.6 is 45.2 Å². The van der Waals surface area contributed by atoms with Gasteiger partial charge in [-0.25, -0.2) is 4.79 Å². The Morgan fingerprint density at radius 2 is 1.61 bits per heavy atom. The Hall–Kier alpha value is -2.40. The first-order chi connectivity index (χ1) is 14.8. The van der Waals surface area contributed by atoms with Gasteiger partial charge >= 0.3 is 5.97 Å². The number of carboxylic acids is 1. The van der Waals surface area contributed by atoms with Gasteiger partial charge in [0.05, 0.1) is 7.14 Å². The van der Waals surface area contributed by atoms with Gasteiger partial charge in [-0.2, -0.15) is 0 Å². The number of halogens is 2. The van der Waals surface area contributed by atoms with Crippen molar-refractivity contribution in [1.82, 2.24) is 5.32 Å². The summed E-state index contributed by atoms with van der Waals surface area (Å²) in [6.45, 7) is 2.49. The largest absolute Gasteiger partial charge is 0.487 e. The third kappa shape index (κ3) is 6.30. The van der Waals surface area contributed by atoms with E-state index in [9.17, 15) is 14.7 Å². The molecule has 3 rings (SSSR count). The second kappa shape index (κ2) is 10.8. The quantitative estimate of drug-likeness (QED) is 0.260. The van der Waals surface area contributed by atoms with Crippen molar-refractivity contribution in [1.29, 1.82) is 0 Å². The molecule has 0 aliphatic heterocycles. The van der Waals surface area contributed by atoms with Crippen LogP contribution in [0.4, 0.5) is 0 Å².